The Morgan fingerprint density at radius 3 is 1.96 bits per heavy atom. The summed E-state index contributed by atoms with van der Waals surface area (Å²) in [5.41, 5.74) is 5.91. The summed E-state index contributed by atoms with van der Waals surface area (Å²) in [4.78, 5) is 224. The van der Waals surface area contributed by atoms with E-state index in [1.807, 2.05) is 0 Å². The smallest absolute Gasteiger partial charge is 0.459 e. The second kappa shape index (κ2) is 47.0. The Morgan fingerprint density at radius 1 is 0.763 bits per heavy atom. The summed E-state index contributed by atoms with van der Waals surface area (Å²) in [5.74, 6) is -17.3. The van der Waals surface area contributed by atoms with Gasteiger partial charge in [0.2, 0.25) is 47.3 Å². The van der Waals surface area contributed by atoms with Crippen LogP contribution in [0.4, 0.5) is 10.5 Å². The van der Waals surface area contributed by atoms with Gasteiger partial charge < -0.3 is 76.0 Å². The van der Waals surface area contributed by atoms with E-state index in [9.17, 15) is 71.7 Å². The molecule has 2 unspecified atom stereocenters. The number of hydrogen-bond donors (Lipinski definition) is 7. The van der Waals surface area contributed by atoms with Crippen LogP contribution in [-0.2, 0) is 122 Å². The SMILES string of the molecule is C.C=C1C(=O)N[C@@H](C)C(=O)N(C)[C@@H](C)C(=O)N[C@@H]([C@H](OC(=O)[C@@H](CC(=O)CC)[C@H](O[P+](=O)OCc2ccc(NC(=O)[C@H](CCCNC(N)=O)CC(=O)[C@@H](NC(=O)CCOCCN3C(=O)CC(C)C3=O)C(C)C)cc2)C(C)C)C(C)C)C(=O)N(C)[C@@H]([C@@H](C)OC)C(=O)O[C@H](C)[C@H](NC(C)=O)C(=O)O[C@H](Cc2ccccc2)C(=O)N1C. The molecule has 0 aliphatic carbocycles. The van der Waals surface area contributed by atoms with Gasteiger partial charge in [0.1, 0.15) is 54.5 Å². The van der Waals surface area contributed by atoms with Gasteiger partial charge in [0.05, 0.1) is 37.8 Å². The molecule has 114 heavy (non-hydrogen) atoms. The number of anilines is 1. The van der Waals surface area contributed by atoms with Gasteiger partial charge in [-0.1, -0.05) is 112 Å². The van der Waals surface area contributed by atoms with Crippen LogP contribution in [0.3, 0.4) is 0 Å². The molecule has 2 aliphatic heterocycles. The number of nitrogens with one attached hydrogen (secondary N) is 6. The lowest BCUT2D eigenvalue weighted by Crippen LogP contribution is -2.63. The number of carbonyl (C=O) groups excluding carboxylic acids is 16. The van der Waals surface area contributed by atoms with Crippen molar-refractivity contribution in [2.75, 3.05) is 59.9 Å². The number of hydrogen-bond acceptors (Lipinski definition) is 24. The van der Waals surface area contributed by atoms with Crippen molar-refractivity contribution in [2.24, 2.45) is 41.2 Å². The van der Waals surface area contributed by atoms with Gasteiger partial charge in [-0.3, -0.25) is 67.2 Å². The van der Waals surface area contributed by atoms with Crippen molar-refractivity contribution in [3.8, 4) is 0 Å². The lowest BCUT2D eigenvalue weighted by Gasteiger charge is -2.38. The molecule has 2 aromatic carbocycles. The number of methoxy groups -OCH3 is 1. The Labute approximate surface area is 667 Å². The second-order valence-electron chi connectivity index (χ2n) is 29.2. The maximum absolute atomic E-state index is 15.6. The van der Waals surface area contributed by atoms with Crippen molar-refractivity contribution >= 4 is 109 Å². The van der Waals surface area contributed by atoms with Gasteiger partial charge in [-0.05, 0) is 81.5 Å². The minimum Gasteiger partial charge on any atom is -0.459 e. The number of ether oxygens (including phenoxy) is 5. The molecule has 0 spiro atoms. The van der Waals surface area contributed by atoms with Gasteiger partial charge >= 0.3 is 32.2 Å². The van der Waals surface area contributed by atoms with E-state index in [0.29, 0.717) is 11.1 Å². The summed E-state index contributed by atoms with van der Waals surface area (Å²) in [6, 6.07) is 3.98. The number of primary amides is 1. The van der Waals surface area contributed by atoms with Crippen molar-refractivity contribution in [1.29, 1.82) is 0 Å². The Bertz CT molecular complexity index is 3750. The van der Waals surface area contributed by atoms with E-state index >= 15 is 9.59 Å². The molecular weight excluding hydrogens is 1510 g/mol. The molecule has 2 saturated heterocycles. The lowest BCUT2D eigenvalue weighted by molar-refractivity contribution is -0.174. The van der Waals surface area contributed by atoms with Crippen LogP contribution in [0.1, 0.15) is 154 Å². The van der Waals surface area contributed by atoms with E-state index in [-0.39, 0.29) is 103 Å². The summed E-state index contributed by atoms with van der Waals surface area (Å²) in [7, 11) is 1.57. The predicted octanol–water partition coefficient (Wildman–Crippen LogP) is 4.27. The van der Waals surface area contributed by atoms with E-state index in [2.05, 4.69) is 38.5 Å². The molecule has 2 aromatic rings. The Hall–Kier alpha value is -9.96. The average Bonchev–Trinajstić information content (AvgIpc) is 0.812. The summed E-state index contributed by atoms with van der Waals surface area (Å²) in [5, 5.41) is 15.4. The highest BCUT2D eigenvalue weighted by Crippen LogP contribution is 2.36. The molecule has 0 aromatic heterocycles. The lowest BCUT2D eigenvalue weighted by atomic mass is 9.88. The number of nitrogens with two attached hydrogens (primary N) is 1. The van der Waals surface area contributed by atoms with Crippen molar-refractivity contribution in [2.45, 2.75) is 222 Å². The third-order valence-corrected chi connectivity index (χ3v) is 20.1. The first-order valence-electron chi connectivity index (χ1n) is 37.6. The number of carbonyl (C=O) groups is 16. The van der Waals surface area contributed by atoms with E-state index in [0.717, 1.165) is 33.6 Å². The van der Waals surface area contributed by atoms with Crippen LogP contribution in [0, 0.1) is 35.5 Å². The van der Waals surface area contributed by atoms with E-state index in [1.165, 1.54) is 93.9 Å². The zero-order valence-corrected chi connectivity index (χ0v) is 68.4. The molecular formula is C78H117N11O24P+. The zero-order chi connectivity index (χ0) is 85.0. The molecule has 12 amide bonds. The quantitative estimate of drug-likeness (QED) is 0.0125. The van der Waals surface area contributed by atoms with Crippen LogP contribution < -0.4 is 37.6 Å². The van der Waals surface area contributed by atoms with Crippen LogP contribution in [0.15, 0.2) is 66.9 Å². The van der Waals surface area contributed by atoms with Crippen LogP contribution in [-0.4, -0.2) is 236 Å². The average molecular weight is 1620 g/mol. The maximum Gasteiger partial charge on any atom is 0.698 e. The molecule has 35 nitrogen and oxygen atoms in total. The monoisotopic (exact) mass is 1620 g/mol. The van der Waals surface area contributed by atoms with Crippen molar-refractivity contribution in [3.05, 3.63) is 78.0 Å². The fourth-order valence-electron chi connectivity index (χ4n) is 12.4. The number of benzene rings is 2. The highest BCUT2D eigenvalue weighted by Gasteiger charge is 2.48. The fraction of sp³-hybridized carbons (Fsp3) is 0.615. The third kappa shape index (κ3) is 29.5. The van der Waals surface area contributed by atoms with Gasteiger partial charge in [0.15, 0.2) is 24.0 Å². The van der Waals surface area contributed by atoms with Crippen LogP contribution in [0.5, 0.6) is 0 Å². The highest BCUT2D eigenvalue weighted by molar-refractivity contribution is 7.33. The minimum atomic E-state index is -3.16. The Kier molecular flexibility index (Phi) is 40.5. The van der Waals surface area contributed by atoms with Crippen LogP contribution >= 0.6 is 8.25 Å². The minimum absolute atomic E-state index is 0. The fourth-order valence-corrected chi connectivity index (χ4v) is 13.3. The normalized spacial score (nSPS) is 21.7. The largest absolute Gasteiger partial charge is 0.698 e. The Balaban J connectivity index is 0.0000336. The number of cyclic esters (lactones) is 2. The molecule has 0 radical (unpaired) electrons. The molecule has 2 aliphatic rings. The molecule has 36 heteroatoms. The number of nitrogens with zero attached hydrogens (tertiary/aromatic N) is 4. The molecule has 0 saturated carbocycles. The second-order valence-corrected chi connectivity index (χ2v) is 30.1. The number of likely N-dealkylation sites (tertiary alicyclic amines) is 1. The van der Waals surface area contributed by atoms with Crippen molar-refractivity contribution < 1.29 is 114 Å². The molecule has 2 heterocycles. The number of imide groups is 1. The van der Waals surface area contributed by atoms with E-state index < -0.39 is 205 Å². The summed E-state index contributed by atoms with van der Waals surface area (Å²) >= 11 is 0. The van der Waals surface area contributed by atoms with E-state index in [1.54, 1.807) is 65.0 Å². The first-order chi connectivity index (χ1) is 53.0. The van der Waals surface area contributed by atoms with Gasteiger partial charge in [-0.15, -0.1) is 9.05 Å². The predicted molar refractivity (Wildman–Crippen MR) is 415 cm³/mol. The number of rotatable bonds is 36. The first-order valence-corrected chi connectivity index (χ1v) is 38.7. The number of urea groups is 1. The summed E-state index contributed by atoms with van der Waals surface area (Å²) < 4.78 is 54.8. The highest BCUT2D eigenvalue weighted by atomic mass is 31.1. The summed E-state index contributed by atoms with van der Waals surface area (Å²) in [6.45, 7) is 22.6. The topological polar surface area (TPSA) is 466 Å². The first kappa shape index (κ1) is 98.2. The maximum atomic E-state index is 15.6. The summed E-state index contributed by atoms with van der Waals surface area (Å²) in [6.07, 6.45) is -8.75. The van der Waals surface area contributed by atoms with Crippen molar-refractivity contribution in [3.63, 3.8) is 0 Å². The number of likely N-dealkylation sites (N-methyl/N-ethyl adjacent to an activating group) is 3. The third-order valence-electron chi connectivity index (χ3n) is 19.4. The zero-order valence-electron chi connectivity index (χ0n) is 67.5. The van der Waals surface area contributed by atoms with Crippen LogP contribution in [0.25, 0.3) is 0 Å². The Morgan fingerprint density at radius 2 is 1.40 bits per heavy atom. The van der Waals surface area contributed by atoms with Crippen LogP contribution in [0.2, 0.25) is 0 Å². The van der Waals surface area contributed by atoms with Gasteiger partial charge in [0, 0.05) is 102 Å². The molecule has 4 rings (SSSR count). The molecule has 632 valence electrons. The van der Waals surface area contributed by atoms with E-state index in [4.69, 9.17) is 38.5 Å². The van der Waals surface area contributed by atoms with Gasteiger partial charge in [-0.25, -0.2) is 14.4 Å². The molecule has 15 atom stereocenters. The van der Waals surface area contributed by atoms with Crippen molar-refractivity contribution in [1.82, 2.24) is 46.2 Å². The molecule has 8 N–H and O–H groups in total. The molecule has 0 bridgehead atoms. The number of ketones is 2. The van der Waals surface area contributed by atoms with Gasteiger partial charge in [0.25, 0.3) is 11.8 Å². The number of esters is 3. The number of amides is 12. The standard InChI is InChI=1S/C77H112N11O24P.CH4/c1-19-55(90)39-56(65(42(4)5)112-113(105)108-40-52-27-29-54(30-28-52)82-69(96)53(26-23-32-79-77(78)104)38-57(91)61(41(2)3)83-59(92)31-34-107-35-33-88-60(93)36-44(8)70(88)97)74(101)111-66(43(6)7)63-73(100)87(17)64(49(13)106-18)76(103)109-48(12)62(81-50(14)89)75(102)110-58(37-51-24-21-20-22-25-51)72(99)86(16)46(10)67(94)80-45(9)71(98)85(15)47(11)68(95)84-63;/h20-22,24-25,27-30,41-45,47-49,53,56,58,61-66H,10,19,23,26,31-40H2,1-9,11-18H3,(H7-,78,79,80,81,82,83,84,89,92,94,95,96,104);1H4/p+1/t44?,45-,47-,48+,49+,53+,56-,58+,61-,62-,63-,64-,65+,66+;/m0./s1. The number of Topliss-reactive ketones (excluding diaryl/α,β-unsaturated/α-hetero) is 2. The molecule has 2 fully saturated rings. The van der Waals surface area contributed by atoms with Gasteiger partial charge in [-0.2, -0.15) is 0 Å².